The minimum Gasteiger partial charge on any atom is -0.478 e. The number of rotatable bonds is 13. The van der Waals surface area contributed by atoms with Gasteiger partial charge in [-0.3, -0.25) is 39.2 Å². The molecule has 2 aromatic heterocycles. The number of ether oxygens (including phenoxy) is 1. The molecule has 8 rings (SSSR count). The number of halogens is 2. The Labute approximate surface area is 333 Å². The van der Waals surface area contributed by atoms with Crippen molar-refractivity contribution in [2.75, 3.05) is 43.9 Å². The van der Waals surface area contributed by atoms with Crippen molar-refractivity contribution in [3.05, 3.63) is 77.1 Å². The third-order valence-electron chi connectivity index (χ3n) is 11.2. The van der Waals surface area contributed by atoms with E-state index in [0.717, 1.165) is 63.6 Å². The zero-order chi connectivity index (χ0) is 40.7. The molecule has 0 spiro atoms. The third kappa shape index (κ3) is 7.80. The number of nitrogens with one attached hydrogen (secondary N) is 4. The molecule has 5 heterocycles. The Bertz CT molecular complexity index is 2300. The highest BCUT2D eigenvalue weighted by Crippen LogP contribution is 2.40. The molecular weight excluding hydrogens is 751 g/mol. The van der Waals surface area contributed by atoms with E-state index in [4.69, 9.17) is 4.74 Å². The topological polar surface area (TPSA) is 175 Å². The van der Waals surface area contributed by atoms with Crippen molar-refractivity contribution in [3.63, 3.8) is 0 Å². The number of hydrogen-bond acceptors (Lipinski definition) is 11. The number of nitrogens with zero attached hydrogens (tertiary/aromatic N) is 4. The Kier molecular flexibility index (Phi) is 10.5. The Morgan fingerprint density at radius 1 is 0.948 bits per heavy atom. The number of likely N-dealkylation sites (tertiary alicyclic amines) is 1. The first-order valence-corrected chi connectivity index (χ1v) is 19.7. The van der Waals surface area contributed by atoms with Crippen molar-refractivity contribution >= 4 is 51.8 Å². The van der Waals surface area contributed by atoms with Crippen molar-refractivity contribution in [2.45, 2.75) is 75.9 Å². The van der Waals surface area contributed by atoms with Crippen LogP contribution < -0.4 is 26.0 Å². The Morgan fingerprint density at radius 3 is 2.43 bits per heavy atom. The number of carbonyl (C=O) groups excluding carboxylic acids is 5. The summed E-state index contributed by atoms with van der Waals surface area (Å²) in [7, 11) is 1.69. The monoisotopic (exact) mass is 794 g/mol. The maximum absolute atomic E-state index is 15.0. The average Bonchev–Trinajstić information content (AvgIpc) is 3.99. The van der Waals surface area contributed by atoms with Gasteiger partial charge in [-0.2, -0.15) is 0 Å². The van der Waals surface area contributed by atoms with E-state index in [1.807, 2.05) is 0 Å². The SMILES string of the molecule is CNc1c(C(=O)NC2CC2)cnc2cc(C(C)(F)F)c(-c3ccc(OCCCN4CCC(Nc5cccc6c5C(=O)N(C5CCC(=O)NC5=O)C6=O)CC4)nc3)cc12. The van der Waals surface area contributed by atoms with Crippen LogP contribution in [0.4, 0.5) is 20.2 Å². The number of anilines is 2. The summed E-state index contributed by atoms with van der Waals surface area (Å²) in [4.78, 5) is 75.9. The summed E-state index contributed by atoms with van der Waals surface area (Å²) >= 11 is 0. The molecule has 4 aliphatic rings. The van der Waals surface area contributed by atoms with Crippen molar-refractivity contribution in [1.82, 2.24) is 30.4 Å². The van der Waals surface area contributed by atoms with Crippen LogP contribution in [0.1, 0.15) is 88.5 Å². The molecule has 5 amide bonds. The molecule has 3 fully saturated rings. The molecule has 0 bridgehead atoms. The summed E-state index contributed by atoms with van der Waals surface area (Å²) in [5, 5.41) is 12.3. The van der Waals surface area contributed by atoms with Gasteiger partial charge in [-0.15, -0.1) is 0 Å². The van der Waals surface area contributed by atoms with Crippen LogP contribution in [-0.4, -0.2) is 101 Å². The smallest absolute Gasteiger partial charge is 0.271 e. The van der Waals surface area contributed by atoms with Gasteiger partial charge in [-0.25, -0.2) is 13.8 Å². The fourth-order valence-electron chi connectivity index (χ4n) is 8.02. The second kappa shape index (κ2) is 15.7. The van der Waals surface area contributed by atoms with Crippen LogP contribution in [0.5, 0.6) is 5.88 Å². The second-order valence-electron chi connectivity index (χ2n) is 15.4. The van der Waals surface area contributed by atoms with Crippen LogP contribution in [0.25, 0.3) is 22.0 Å². The summed E-state index contributed by atoms with van der Waals surface area (Å²) in [6.07, 6.45) is 7.29. The first-order valence-electron chi connectivity index (χ1n) is 19.7. The third-order valence-corrected chi connectivity index (χ3v) is 11.2. The molecule has 1 unspecified atom stereocenters. The Hall–Kier alpha value is -6.03. The molecule has 2 saturated heterocycles. The highest BCUT2D eigenvalue weighted by atomic mass is 19.3. The van der Waals surface area contributed by atoms with Crippen LogP contribution >= 0.6 is 0 Å². The molecule has 4 aromatic rings. The second-order valence-corrected chi connectivity index (χ2v) is 15.4. The first-order chi connectivity index (χ1) is 27.9. The lowest BCUT2D eigenvalue weighted by molar-refractivity contribution is -0.136. The van der Waals surface area contributed by atoms with E-state index < -0.39 is 35.6 Å². The van der Waals surface area contributed by atoms with Crippen molar-refractivity contribution < 1.29 is 37.5 Å². The fourth-order valence-corrected chi connectivity index (χ4v) is 8.02. The van der Waals surface area contributed by atoms with Gasteiger partial charge in [0.25, 0.3) is 23.6 Å². The van der Waals surface area contributed by atoms with E-state index in [2.05, 4.69) is 36.1 Å². The van der Waals surface area contributed by atoms with Gasteiger partial charge < -0.3 is 25.6 Å². The number of piperidine rings is 2. The van der Waals surface area contributed by atoms with Gasteiger partial charge in [-0.05, 0) is 74.4 Å². The van der Waals surface area contributed by atoms with Gasteiger partial charge in [0, 0.05) is 92.8 Å². The number of hydrogen-bond donors (Lipinski definition) is 4. The minimum atomic E-state index is -3.17. The molecule has 16 heteroatoms. The molecule has 14 nitrogen and oxygen atoms in total. The van der Waals surface area contributed by atoms with Gasteiger partial charge in [-0.1, -0.05) is 6.07 Å². The van der Waals surface area contributed by atoms with E-state index in [9.17, 15) is 32.8 Å². The number of carbonyl (C=O) groups is 5. The van der Waals surface area contributed by atoms with Crippen molar-refractivity contribution in [3.8, 4) is 17.0 Å². The van der Waals surface area contributed by atoms with E-state index in [-0.39, 0.29) is 53.1 Å². The van der Waals surface area contributed by atoms with E-state index in [0.29, 0.717) is 45.9 Å². The predicted octanol–water partition coefficient (Wildman–Crippen LogP) is 5.09. The molecule has 2 aromatic carbocycles. The molecule has 1 aliphatic carbocycles. The van der Waals surface area contributed by atoms with Crippen LogP contribution in [0.2, 0.25) is 0 Å². The summed E-state index contributed by atoms with van der Waals surface area (Å²) in [6, 6.07) is 10.6. The number of benzene rings is 2. The highest BCUT2D eigenvalue weighted by Gasteiger charge is 2.46. The highest BCUT2D eigenvalue weighted by molar-refractivity contribution is 6.25. The molecule has 0 radical (unpaired) electrons. The number of alkyl halides is 2. The van der Waals surface area contributed by atoms with E-state index >= 15 is 0 Å². The molecule has 1 atom stereocenters. The van der Waals surface area contributed by atoms with Crippen LogP contribution in [-0.2, 0) is 15.5 Å². The van der Waals surface area contributed by atoms with Crippen LogP contribution in [0.3, 0.4) is 0 Å². The maximum Gasteiger partial charge on any atom is 0.271 e. The minimum absolute atomic E-state index is 0.0595. The normalized spacial score (nSPS) is 19.0. The van der Waals surface area contributed by atoms with Gasteiger partial charge in [0.2, 0.25) is 17.7 Å². The van der Waals surface area contributed by atoms with Crippen LogP contribution in [0.15, 0.2) is 54.9 Å². The Morgan fingerprint density at radius 2 is 1.74 bits per heavy atom. The van der Waals surface area contributed by atoms with Gasteiger partial charge in [0.05, 0.1) is 34.5 Å². The molecule has 58 heavy (non-hydrogen) atoms. The first kappa shape index (κ1) is 38.8. The summed E-state index contributed by atoms with van der Waals surface area (Å²) in [6.45, 7) is 3.65. The lowest BCUT2D eigenvalue weighted by Gasteiger charge is -2.33. The number of imide groups is 2. The lowest BCUT2D eigenvalue weighted by Crippen LogP contribution is -2.54. The standard InChI is InChI=1S/C42H44F2N8O6/c1-42(43,44)30-20-32-28(37(45-2)29(22-46-32)38(54)49-24-8-9-24)19-27(30)23-7-12-35(47-21-23)58-18-4-15-51-16-13-25(14-17-51)48-31-6-3-5-26-36(31)41(57)52(40(26)56)33-10-11-34(53)50-39(33)55/h3,5-7,12,19-22,24-25,33,48H,4,8-11,13-18H2,1-2H3,(H,45,46)(H,49,54)(H,50,53,55). The number of fused-ring (bicyclic) bond motifs is 2. The van der Waals surface area contributed by atoms with Gasteiger partial charge >= 0.3 is 0 Å². The van der Waals surface area contributed by atoms with Gasteiger partial charge in [0.15, 0.2) is 0 Å². The largest absolute Gasteiger partial charge is 0.478 e. The summed E-state index contributed by atoms with van der Waals surface area (Å²) in [5.74, 6) is -5.19. The quantitative estimate of drug-likeness (QED) is 0.105. The molecule has 3 aliphatic heterocycles. The fraction of sp³-hybridized carbons (Fsp3) is 0.405. The zero-order valence-corrected chi connectivity index (χ0v) is 32.2. The van der Waals surface area contributed by atoms with E-state index in [1.54, 1.807) is 43.4 Å². The number of aromatic nitrogens is 2. The number of amides is 5. The molecule has 302 valence electrons. The zero-order valence-electron chi connectivity index (χ0n) is 32.2. The molecule has 4 N–H and O–H groups in total. The maximum atomic E-state index is 15.0. The van der Waals surface area contributed by atoms with Crippen molar-refractivity contribution in [1.29, 1.82) is 0 Å². The predicted molar refractivity (Wildman–Crippen MR) is 211 cm³/mol. The molecule has 1 saturated carbocycles. The lowest BCUT2D eigenvalue weighted by atomic mass is 9.93. The summed E-state index contributed by atoms with van der Waals surface area (Å²) < 4.78 is 35.9. The van der Waals surface area contributed by atoms with Crippen LogP contribution in [0, 0.1) is 0 Å². The molecular formula is C42H44F2N8O6. The van der Waals surface area contributed by atoms with Gasteiger partial charge in [0.1, 0.15) is 6.04 Å². The van der Waals surface area contributed by atoms with Crippen molar-refractivity contribution in [2.24, 2.45) is 0 Å². The Balaban J connectivity index is 0.851. The average molecular weight is 795 g/mol. The number of pyridine rings is 2. The van der Waals surface area contributed by atoms with E-state index in [1.165, 1.54) is 18.5 Å². The summed E-state index contributed by atoms with van der Waals surface area (Å²) in [5.41, 5.74) is 2.80.